The topological polar surface area (TPSA) is 66.5 Å². The van der Waals surface area contributed by atoms with Gasteiger partial charge in [0, 0.05) is 28.3 Å². The number of anilines is 2. The van der Waals surface area contributed by atoms with Crippen LogP contribution in [0.2, 0.25) is 0 Å². The van der Waals surface area contributed by atoms with E-state index in [0.29, 0.717) is 12.2 Å². The molecule has 8 heteroatoms. The van der Waals surface area contributed by atoms with Crippen molar-refractivity contribution in [2.45, 2.75) is 34.8 Å². The van der Waals surface area contributed by atoms with Gasteiger partial charge < -0.3 is 4.90 Å². The molecule has 2 aromatic rings. The molecule has 4 rings (SSSR count). The monoisotopic (exact) mass is 406 g/mol. The van der Waals surface area contributed by atoms with Crippen LogP contribution in [0.1, 0.15) is 19.8 Å². The highest BCUT2D eigenvalue weighted by Gasteiger charge is 2.37. The number of nitrogens with one attached hydrogen (secondary N) is 1. The third-order valence-corrected chi connectivity index (χ3v) is 7.12. The van der Waals surface area contributed by atoms with E-state index >= 15 is 0 Å². The fourth-order valence-corrected chi connectivity index (χ4v) is 5.25. The molecule has 5 nitrogen and oxygen atoms in total. The summed E-state index contributed by atoms with van der Waals surface area (Å²) < 4.78 is 41.0. The van der Waals surface area contributed by atoms with Crippen LogP contribution in [0.5, 0.6) is 0 Å². The number of benzene rings is 2. The molecule has 1 saturated carbocycles. The number of carbonyl (C=O) groups is 1. The van der Waals surface area contributed by atoms with Gasteiger partial charge in [-0.3, -0.25) is 9.52 Å². The van der Waals surface area contributed by atoms with E-state index in [9.17, 15) is 17.6 Å². The van der Waals surface area contributed by atoms with Crippen LogP contribution in [0, 0.1) is 11.7 Å². The van der Waals surface area contributed by atoms with Gasteiger partial charge in [-0.2, -0.15) is 0 Å². The van der Waals surface area contributed by atoms with Gasteiger partial charge in [-0.05, 0) is 55.3 Å². The summed E-state index contributed by atoms with van der Waals surface area (Å²) >= 11 is 1.64. The maximum atomic E-state index is 13.0. The third kappa shape index (κ3) is 3.82. The molecule has 0 aromatic heterocycles. The zero-order valence-corrected chi connectivity index (χ0v) is 16.3. The van der Waals surface area contributed by atoms with E-state index in [2.05, 4.69) is 11.6 Å². The first-order valence-corrected chi connectivity index (χ1v) is 11.1. The molecule has 1 amide bonds. The minimum absolute atomic E-state index is 0.0609. The third-order valence-electron chi connectivity index (χ3n) is 4.59. The van der Waals surface area contributed by atoms with Gasteiger partial charge in [-0.1, -0.05) is 6.92 Å². The predicted molar refractivity (Wildman–Crippen MR) is 104 cm³/mol. The lowest BCUT2D eigenvalue weighted by Gasteiger charge is -2.33. The molecular formula is C19H19FN2O3S2. The molecule has 142 valence electrons. The minimum Gasteiger partial charge on any atom is -0.310 e. The van der Waals surface area contributed by atoms with E-state index in [1.54, 1.807) is 28.8 Å². The zero-order chi connectivity index (χ0) is 19.2. The molecule has 1 fully saturated rings. The van der Waals surface area contributed by atoms with Crippen LogP contribution in [-0.4, -0.2) is 26.1 Å². The maximum absolute atomic E-state index is 13.0. The Bertz CT molecular complexity index is 989. The highest BCUT2D eigenvalue weighted by atomic mass is 32.2. The summed E-state index contributed by atoms with van der Waals surface area (Å²) in [6.45, 7) is 2.63. The average Bonchev–Trinajstić information content (AvgIpc) is 3.47. The smallest absolute Gasteiger partial charge is 0.261 e. The van der Waals surface area contributed by atoms with Crippen molar-refractivity contribution in [1.29, 1.82) is 0 Å². The Morgan fingerprint density at radius 3 is 2.56 bits per heavy atom. The van der Waals surface area contributed by atoms with E-state index in [1.165, 1.54) is 30.3 Å². The van der Waals surface area contributed by atoms with E-state index in [4.69, 9.17) is 0 Å². The van der Waals surface area contributed by atoms with Gasteiger partial charge in [0.1, 0.15) is 5.82 Å². The van der Waals surface area contributed by atoms with Gasteiger partial charge in [0.05, 0.1) is 10.6 Å². The number of halogens is 1. The summed E-state index contributed by atoms with van der Waals surface area (Å²) in [5, 5.41) is 0.250. The Morgan fingerprint density at radius 1 is 1.19 bits per heavy atom. The summed E-state index contributed by atoms with van der Waals surface area (Å²) in [6.07, 6.45) is 1.80. The lowest BCUT2D eigenvalue weighted by atomic mass is 10.2. The van der Waals surface area contributed by atoms with E-state index in [0.717, 1.165) is 17.7 Å². The molecule has 27 heavy (non-hydrogen) atoms. The van der Waals surface area contributed by atoms with E-state index < -0.39 is 15.8 Å². The molecule has 0 unspecified atom stereocenters. The normalized spacial score (nSPS) is 19.5. The number of amides is 1. The van der Waals surface area contributed by atoms with Crippen molar-refractivity contribution in [3.63, 3.8) is 0 Å². The van der Waals surface area contributed by atoms with Gasteiger partial charge in [0.15, 0.2) is 0 Å². The lowest BCUT2D eigenvalue weighted by Crippen LogP contribution is -2.39. The van der Waals surface area contributed by atoms with Crippen molar-refractivity contribution in [1.82, 2.24) is 0 Å². The van der Waals surface area contributed by atoms with Crippen LogP contribution in [0.4, 0.5) is 15.8 Å². The van der Waals surface area contributed by atoms with Crippen molar-refractivity contribution < 1.29 is 17.6 Å². The second-order valence-corrected chi connectivity index (χ2v) is 10.1. The Kier molecular flexibility index (Phi) is 4.63. The predicted octanol–water partition coefficient (Wildman–Crippen LogP) is 3.86. The van der Waals surface area contributed by atoms with Gasteiger partial charge in [0.25, 0.3) is 10.0 Å². The highest BCUT2D eigenvalue weighted by Crippen LogP contribution is 2.42. The zero-order valence-electron chi connectivity index (χ0n) is 14.7. The van der Waals surface area contributed by atoms with Gasteiger partial charge in [0.2, 0.25) is 5.91 Å². The molecule has 0 saturated heterocycles. The summed E-state index contributed by atoms with van der Waals surface area (Å²) in [6, 6.07) is 9.97. The number of carbonyl (C=O) groups excluding carboxylic acids is 1. The van der Waals surface area contributed by atoms with E-state index in [1.807, 2.05) is 0 Å². The number of thioether (sulfide) groups is 1. The molecule has 0 spiro atoms. The average molecular weight is 407 g/mol. The molecular weight excluding hydrogens is 387 g/mol. The van der Waals surface area contributed by atoms with Crippen LogP contribution < -0.4 is 9.62 Å². The van der Waals surface area contributed by atoms with E-state index in [-0.39, 0.29) is 27.7 Å². The first-order chi connectivity index (χ1) is 12.8. The van der Waals surface area contributed by atoms with Crippen LogP contribution >= 0.6 is 11.8 Å². The Morgan fingerprint density at radius 2 is 1.89 bits per heavy atom. The Hall–Kier alpha value is -2.06. The second-order valence-electron chi connectivity index (χ2n) is 6.89. The van der Waals surface area contributed by atoms with Gasteiger partial charge >= 0.3 is 0 Å². The summed E-state index contributed by atoms with van der Waals surface area (Å²) in [5.74, 6) is -0.303. The van der Waals surface area contributed by atoms with Crippen molar-refractivity contribution in [3.05, 3.63) is 48.3 Å². The van der Waals surface area contributed by atoms with Crippen LogP contribution in [0.3, 0.4) is 0 Å². The van der Waals surface area contributed by atoms with Crippen LogP contribution in [0.25, 0.3) is 0 Å². The summed E-state index contributed by atoms with van der Waals surface area (Å²) in [5.41, 5.74) is 0.931. The molecule has 2 aliphatic rings. The second kappa shape index (κ2) is 6.83. The SMILES string of the molecule is C[C@@H]1CN(C(=O)C2CC2)c2cc(S(=O)(=O)Nc3ccc(F)cc3)ccc2S1. The van der Waals surface area contributed by atoms with Crippen molar-refractivity contribution in [3.8, 4) is 0 Å². The number of nitrogens with zero attached hydrogens (tertiary/aromatic N) is 1. The number of sulfonamides is 1. The van der Waals surface area contributed by atoms with Gasteiger partial charge in [-0.25, -0.2) is 12.8 Å². The number of fused-ring (bicyclic) bond motifs is 1. The first kappa shape index (κ1) is 18.3. The molecule has 1 aliphatic carbocycles. The Labute approximate surface area is 162 Å². The molecule has 1 atom stereocenters. The lowest BCUT2D eigenvalue weighted by molar-refractivity contribution is -0.119. The quantitative estimate of drug-likeness (QED) is 0.837. The Balaban J connectivity index is 1.67. The van der Waals surface area contributed by atoms with Crippen molar-refractivity contribution >= 4 is 39.1 Å². The largest absolute Gasteiger partial charge is 0.310 e. The standard InChI is InChI=1S/C19H19FN2O3S2/c1-12-11-22(19(23)13-2-3-13)17-10-16(8-9-18(17)26-12)27(24,25)21-15-6-4-14(20)5-7-15/h4-10,12-13,21H,2-3,11H2,1H3/t12-/m1/s1. The van der Waals surface area contributed by atoms with Crippen LogP contribution in [-0.2, 0) is 14.8 Å². The number of hydrogen-bond acceptors (Lipinski definition) is 4. The van der Waals surface area contributed by atoms with Crippen molar-refractivity contribution in [2.75, 3.05) is 16.2 Å². The summed E-state index contributed by atoms with van der Waals surface area (Å²) in [7, 11) is -3.85. The molecule has 2 aromatic carbocycles. The van der Waals surface area contributed by atoms with Gasteiger partial charge in [-0.15, -0.1) is 11.8 Å². The molecule has 0 radical (unpaired) electrons. The fraction of sp³-hybridized carbons (Fsp3) is 0.316. The molecule has 0 bridgehead atoms. The fourth-order valence-electron chi connectivity index (χ4n) is 3.08. The number of rotatable bonds is 4. The summed E-state index contributed by atoms with van der Waals surface area (Å²) in [4.78, 5) is 15.4. The minimum atomic E-state index is -3.85. The van der Waals surface area contributed by atoms with Crippen LogP contribution in [0.15, 0.2) is 52.3 Å². The number of hydrogen-bond donors (Lipinski definition) is 1. The molecule has 1 aliphatic heterocycles. The molecule has 1 heterocycles. The molecule has 1 N–H and O–H groups in total. The van der Waals surface area contributed by atoms with Crippen molar-refractivity contribution in [2.24, 2.45) is 5.92 Å². The highest BCUT2D eigenvalue weighted by molar-refractivity contribution is 8.00. The maximum Gasteiger partial charge on any atom is 0.261 e. The first-order valence-electron chi connectivity index (χ1n) is 8.74.